The van der Waals surface area contributed by atoms with Gasteiger partial charge in [-0.15, -0.1) is 0 Å². The molecule has 5 N–H and O–H groups in total. The Morgan fingerprint density at radius 1 is 1.17 bits per heavy atom. The van der Waals surface area contributed by atoms with Crippen LogP contribution < -0.4 is 5.32 Å². The molecular formula is C9H14N2O7. The molecule has 0 radical (unpaired) electrons. The molecule has 0 spiro atoms. The van der Waals surface area contributed by atoms with Crippen LogP contribution in [0.5, 0.6) is 0 Å². The fraction of sp³-hybridized carbons (Fsp3) is 0.667. The highest BCUT2D eigenvalue weighted by Gasteiger charge is 2.34. The van der Waals surface area contributed by atoms with Crippen LogP contribution in [-0.2, 0) is 9.59 Å². The highest BCUT2D eigenvalue weighted by atomic mass is 16.4. The van der Waals surface area contributed by atoms with E-state index in [0.29, 0.717) is 0 Å². The number of carbonyl (C=O) groups is 3. The van der Waals surface area contributed by atoms with Gasteiger partial charge in [-0.25, -0.2) is 9.59 Å². The predicted molar refractivity (Wildman–Crippen MR) is 55.8 cm³/mol. The highest BCUT2D eigenvalue weighted by molar-refractivity contribution is 5.86. The Bertz CT molecular complexity index is 349. The molecule has 0 saturated carbocycles. The van der Waals surface area contributed by atoms with Crippen molar-refractivity contribution in [2.75, 3.05) is 13.1 Å². The third kappa shape index (κ3) is 3.57. The number of aliphatic hydroxyl groups excluding tert-OH is 2. The van der Waals surface area contributed by atoms with Crippen LogP contribution >= 0.6 is 0 Å². The standard InChI is InChI=1S/C9H14N2O7/c12-5-2-11(3-6(5)13)9(18)10-4(8(16)17)1-7(14)15/h4-6,12-13H,1-3H2,(H,10,18)(H,14,15)(H,16,17). The second-order valence-corrected chi connectivity index (χ2v) is 3.98. The highest BCUT2D eigenvalue weighted by Crippen LogP contribution is 2.10. The number of amides is 2. The third-order valence-corrected chi connectivity index (χ3v) is 2.52. The van der Waals surface area contributed by atoms with E-state index >= 15 is 0 Å². The van der Waals surface area contributed by atoms with E-state index < -0.39 is 42.6 Å². The minimum atomic E-state index is -1.55. The fourth-order valence-electron chi connectivity index (χ4n) is 1.55. The largest absolute Gasteiger partial charge is 0.481 e. The lowest BCUT2D eigenvalue weighted by Crippen LogP contribution is -2.48. The molecule has 18 heavy (non-hydrogen) atoms. The summed E-state index contributed by atoms with van der Waals surface area (Å²) in [4.78, 5) is 33.7. The van der Waals surface area contributed by atoms with E-state index in [0.717, 1.165) is 4.90 Å². The first kappa shape index (κ1) is 14.2. The topological polar surface area (TPSA) is 147 Å². The molecule has 1 saturated heterocycles. The van der Waals surface area contributed by atoms with Crippen molar-refractivity contribution in [2.24, 2.45) is 0 Å². The maximum Gasteiger partial charge on any atom is 0.326 e. The summed E-state index contributed by atoms with van der Waals surface area (Å²) in [5, 5.41) is 37.7. The van der Waals surface area contributed by atoms with Gasteiger partial charge in [0.25, 0.3) is 0 Å². The molecule has 0 aromatic heterocycles. The van der Waals surface area contributed by atoms with Gasteiger partial charge in [0.1, 0.15) is 6.04 Å². The van der Waals surface area contributed by atoms with Crippen molar-refractivity contribution in [3.63, 3.8) is 0 Å². The van der Waals surface area contributed by atoms with Crippen molar-refractivity contribution in [3.8, 4) is 0 Å². The van der Waals surface area contributed by atoms with E-state index in [1.165, 1.54) is 0 Å². The number of aliphatic hydroxyl groups is 2. The molecular weight excluding hydrogens is 248 g/mol. The maximum absolute atomic E-state index is 11.6. The summed E-state index contributed by atoms with van der Waals surface area (Å²) >= 11 is 0. The minimum Gasteiger partial charge on any atom is -0.481 e. The Morgan fingerprint density at radius 2 is 1.67 bits per heavy atom. The van der Waals surface area contributed by atoms with Gasteiger partial charge in [0.2, 0.25) is 0 Å². The number of urea groups is 1. The number of nitrogens with zero attached hydrogens (tertiary/aromatic N) is 1. The lowest BCUT2D eigenvalue weighted by molar-refractivity contribution is -0.145. The van der Waals surface area contributed by atoms with Gasteiger partial charge >= 0.3 is 18.0 Å². The molecule has 1 aliphatic rings. The number of hydrogen-bond acceptors (Lipinski definition) is 5. The van der Waals surface area contributed by atoms with Crippen LogP contribution in [0.2, 0.25) is 0 Å². The van der Waals surface area contributed by atoms with Gasteiger partial charge in [0.15, 0.2) is 0 Å². The summed E-state index contributed by atoms with van der Waals surface area (Å²) in [6.07, 6.45) is -2.92. The second kappa shape index (κ2) is 5.65. The number of likely N-dealkylation sites (tertiary alicyclic amines) is 1. The molecule has 3 unspecified atom stereocenters. The van der Waals surface area contributed by atoms with Crippen LogP contribution in [0.3, 0.4) is 0 Å². The Kier molecular flexibility index (Phi) is 4.45. The van der Waals surface area contributed by atoms with Crippen LogP contribution in [0.4, 0.5) is 4.79 Å². The van der Waals surface area contributed by atoms with Crippen LogP contribution in [0.15, 0.2) is 0 Å². The Labute approximate surface area is 102 Å². The SMILES string of the molecule is O=C(O)CC(NC(=O)N1CC(O)C(O)C1)C(=O)O. The summed E-state index contributed by atoms with van der Waals surface area (Å²) in [5.74, 6) is -2.82. The van der Waals surface area contributed by atoms with Crippen molar-refractivity contribution in [3.05, 3.63) is 0 Å². The zero-order valence-electron chi connectivity index (χ0n) is 9.31. The molecule has 3 atom stereocenters. The maximum atomic E-state index is 11.6. The van der Waals surface area contributed by atoms with Crippen molar-refractivity contribution >= 4 is 18.0 Å². The van der Waals surface area contributed by atoms with Gasteiger partial charge < -0.3 is 30.6 Å². The van der Waals surface area contributed by atoms with Crippen molar-refractivity contribution in [1.29, 1.82) is 0 Å². The third-order valence-electron chi connectivity index (χ3n) is 2.52. The zero-order chi connectivity index (χ0) is 13.9. The van der Waals surface area contributed by atoms with Gasteiger partial charge in [-0.1, -0.05) is 0 Å². The molecule has 1 heterocycles. The first-order chi connectivity index (χ1) is 8.31. The number of aliphatic carboxylic acids is 2. The normalized spacial score (nSPS) is 24.7. The van der Waals surface area contributed by atoms with Crippen molar-refractivity contribution in [2.45, 2.75) is 24.7 Å². The summed E-state index contributed by atoms with van der Waals surface area (Å²) in [6.45, 7) is -0.265. The smallest absolute Gasteiger partial charge is 0.326 e. The van der Waals surface area contributed by atoms with Crippen LogP contribution in [0.1, 0.15) is 6.42 Å². The lowest BCUT2D eigenvalue weighted by atomic mass is 10.2. The first-order valence-electron chi connectivity index (χ1n) is 5.17. The van der Waals surface area contributed by atoms with Crippen LogP contribution in [0, 0.1) is 0 Å². The number of carboxylic acids is 2. The average Bonchev–Trinajstić information content (AvgIpc) is 2.57. The van der Waals surface area contributed by atoms with Gasteiger partial charge in [0, 0.05) is 0 Å². The number of carboxylic acid groups (broad SMARTS) is 2. The number of rotatable bonds is 4. The van der Waals surface area contributed by atoms with Gasteiger partial charge in [0.05, 0.1) is 31.7 Å². The average molecular weight is 262 g/mol. The number of nitrogens with one attached hydrogen (secondary N) is 1. The monoisotopic (exact) mass is 262 g/mol. The van der Waals surface area contributed by atoms with E-state index in [1.54, 1.807) is 0 Å². The van der Waals surface area contributed by atoms with E-state index in [9.17, 15) is 24.6 Å². The molecule has 9 nitrogen and oxygen atoms in total. The Hall–Kier alpha value is -1.87. The molecule has 102 valence electrons. The second-order valence-electron chi connectivity index (χ2n) is 3.98. The summed E-state index contributed by atoms with van der Waals surface area (Å²) in [5.41, 5.74) is 0. The molecule has 1 aliphatic heterocycles. The zero-order valence-corrected chi connectivity index (χ0v) is 9.31. The van der Waals surface area contributed by atoms with E-state index in [-0.39, 0.29) is 13.1 Å². The molecule has 0 aromatic carbocycles. The Morgan fingerprint density at radius 3 is 2.06 bits per heavy atom. The molecule has 2 amide bonds. The summed E-state index contributed by atoms with van der Waals surface area (Å²) in [7, 11) is 0. The molecule has 1 fully saturated rings. The van der Waals surface area contributed by atoms with Crippen LogP contribution in [-0.4, -0.2) is 74.6 Å². The van der Waals surface area contributed by atoms with E-state index in [1.807, 2.05) is 5.32 Å². The number of carbonyl (C=O) groups excluding carboxylic acids is 1. The Balaban J connectivity index is 2.57. The molecule has 9 heteroatoms. The van der Waals surface area contributed by atoms with E-state index in [4.69, 9.17) is 10.2 Å². The molecule has 0 bridgehead atoms. The van der Waals surface area contributed by atoms with Gasteiger partial charge in [-0.2, -0.15) is 0 Å². The van der Waals surface area contributed by atoms with Crippen LogP contribution in [0.25, 0.3) is 0 Å². The quantitative estimate of drug-likeness (QED) is 0.381. The minimum absolute atomic E-state index is 0.133. The van der Waals surface area contributed by atoms with Crippen molar-refractivity contribution < 1.29 is 34.8 Å². The van der Waals surface area contributed by atoms with Gasteiger partial charge in [-0.3, -0.25) is 4.79 Å². The van der Waals surface area contributed by atoms with E-state index in [2.05, 4.69) is 0 Å². The van der Waals surface area contributed by atoms with Crippen molar-refractivity contribution in [1.82, 2.24) is 10.2 Å². The predicted octanol–water partition coefficient (Wildman–Crippen LogP) is -2.34. The molecule has 0 aliphatic carbocycles. The fourth-order valence-corrected chi connectivity index (χ4v) is 1.55. The number of β-amino-alcohol motifs (C(OH)–C–C–N with tert-alkyl or cyclic N) is 2. The summed E-state index contributed by atoms with van der Waals surface area (Å²) in [6, 6.07) is -2.39. The lowest BCUT2D eigenvalue weighted by Gasteiger charge is -2.19. The molecule has 1 rings (SSSR count). The number of hydrogen-bond donors (Lipinski definition) is 5. The summed E-state index contributed by atoms with van der Waals surface area (Å²) < 4.78 is 0. The van der Waals surface area contributed by atoms with Gasteiger partial charge in [-0.05, 0) is 0 Å². The first-order valence-corrected chi connectivity index (χ1v) is 5.17. The molecule has 0 aromatic rings.